The molecule has 0 bridgehead atoms. The fourth-order valence-corrected chi connectivity index (χ4v) is 8.92. The molecule has 0 spiro atoms. The van der Waals surface area contributed by atoms with Crippen molar-refractivity contribution in [2.45, 2.75) is 95.5 Å². The monoisotopic (exact) mass is 538 g/mol. The van der Waals surface area contributed by atoms with E-state index in [1.54, 1.807) is 18.2 Å². The molecule has 0 unspecified atom stereocenters. The van der Waals surface area contributed by atoms with Crippen molar-refractivity contribution in [2.24, 2.45) is 17.8 Å². The smallest absolute Gasteiger partial charge is 0.399 e. The van der Waals surface area contributed by atoms with Crippen LogP contribution >= 0.6 is 0 Å². The molecule has 0 amide bonds. The molecule has 0 atom stereocenters. The second-order valence-electron chi connectivity index (χ2n) is 11.2. The lowest BCUT2D eigenvalue weighted by molar-refractivity contribution is -0.276. The molecule has 1 nitrogen and oxygen atoms in total. The fraction of sp³-hybridized carbons (Fsp3) is 0.600. The minimum absolute atomic E-state index is 0.162. The molecule has 2 aliphatic rings. The Hall–Kier alpha value is -1.89. The molecule has 2 saturated carbocycles. The lowest BCUT2D eigenvalue weighted by atomic mass is 9.68. The van der Waals surface area contributed by atoms with E-state index in [2.05, 4.69) is 11.7 Å². The molecule has 0 N–H and O–H groups in total. The van der Waals surface area contributed by atoms with Crippen LogP contribution in [0.25, 0.3) is 11.1 Å². The van der Waals surface area contributed by atoms with E-state index in [0.717, 1.165) is 29.9 Å². The van der Waals surface area contributed by atoms with Gasteiger partial charge in [-0.05, 0) is 91.0 Å². The Morgan fingerprint density at radius 1 is 0.811 bits per heavy atom. The molecular weight excluding hydrogens is 499 g/mol. The van der Waals surface area contributed by atoms with Crippen LogP contribution in [0.4, 0.5) is 22.0 Å². The summed E-state index contributed by atoms with van der Waals surface area (Å²) in [5.41, 5.74) is 1.97. The molecule has 204 valence electrons. The van der Waals surface area contributed by atoms with Gasteiger partial charge in [-0.15, -0.1) is 13.2 Å². The van der Waals surface area contributed by atoms with Gasteiger partial charge in [-0.3, -0.25) is 0 Å². The SMILES string of the molecule is CCCC[SiH2]C[C@H]1CC[C@H]([C@H]2CC[C@H](c3ccc(-c4cc(F)c(OC(F)(F)F)c(F)c4)cc3)CC2)CC1. The summed E-state index contributed by atoms with van der Waals surface area (Å²) in [4.78, 5) is 0. The normalized spacial score (nSPS) is 25.0. The van der Waals surface area contributed by atoms with Crippen molar-refractivity contribution in [3.05, 3.63) is 53.6 Å². The van der Waals surface area contributed by atoms with E-state index in [4.69, 9.17) is 0 Å². The first kappa shape index (κ1) is 28.1. The van der Waals surface area contributed by atoms with Crippen molar-refractivity contribution in [3.63, 3.8) is 0 Å². The summed E-state index contributed by atoms with van der Waals surface area (Å²) < 4.78 is 68.9. The van der Waals surface area contributed by atoms with Crippen LogP contribution in [0.5, 0.6) is 5.75 Å². The van der Waals surface area contributed by atoms with Gasteiger partial charge in [0.25, 0.3) is 0 Å². The minimum atomic E-state index is -5.15. The van der Waals surface area contributed by atoms with Crippen LogP contribution in [0.2, 0.25) is 12.1 Å². The Labute approximate surface area is 220 Å². The Morgan fingerprint density at radius 3 is 1.92 bits per heavy atom. The Kier molecular flexibility index (Phi) is 9.71. The summed E-state index contributed by atoms with van der Waals surface area (Å²) >= 11 is 0. The van der Waals surface area contributed by atoms with Crippen LogP contribution in [-0.2, 0) is 0 Å². The van der Waals surface area contributed by atoms with Crippen LogP contribution in [0.3, 0.4) is 0 Å². The molecule has 7 heteroatoms. The van der Waals surface area contributed by atoms with E-state index >= 15 is 0 Å². The molecule has 2 aromatic carbocycles. The second-order valence-corrected chi connectivity index (χ2v) is 13.2. The lowest BCUT2D eigenvalue weighted by Crippen LogP contribution is -2.25. The van der Waals surface area contributed by atoms with Crippen molar-refractivity contribution in [2.75, 3.05) is 0 Å². The highest BCUT2D eigenvalue weighted by Crippen LogP contribution is 2.44. The van der Waals surface area contributed by atoms with E-state index in [1.807, 2.05) is 12.1 Å². The zero-order valence-electron chi connectivity index (χ0n) is 21.8. The number of hydrogen-bond donors (Lipinski definition) is 0. The third-order valence-corrected chi connectivity index (χ3v) is 11.0. The second kappa shape index (κ2) is 12.8. The maximum Gasteiger partial charge on any atom is 0.573 e. The van der Waals surface area contributed by atoms with Crippen molar-refractivity contribution >= 4 is 9.52 Å². The zero-order valence-corrected chi connectivity index (χ0v) is 23.2. The third kappa shape index (κ3) is 7.81. The number of hydrogen-bond acceptors (Lipinski definition) is 1. The average Bonchev–Trinajstić information content (AvgIpc) is 2.89. The van der Waals surface area contributed by atoms with E-state index in [9.17, 15) is 22.0 Å². The standard InChI is InChI=1S/C30H39F5OSi/c1-2-3-16-37-19-20-4-6-21(7-5-20)22-8-10-23(11-9-22)24-12-14-25(15-13-24)26-17-27(31)29(28(32)18-26)36-30(33,34)35/h12-15,17-18,20-23H,2-11,16,19,37H2,1H3/t20-,21-,22-,23-. The maximum atomic E-state index is 14.1. The molecule has 0 heterocycles. The Bertz CT molecular complexity index is 967. The highest BCUT2D eigenvalue weighted by molar-refractivity contribution is 6.35. The van der Waals surface area contributed by atoms with E-state index in [-0.39, 0.29) is 15.1 Å². The van der Waals surface area contributed by atoms with Gasteiger partial charge < -0.3 is 4.74 Å². The van der Waals surface area contributed by atoms with E-state index < -0.39 is 23.7 Å². The van der Waals surface area contributed by atoms with Gasteiger partial charge in [-0.2, -0.15) is 0 Å². The molecule has 2 aliphatic carbocycles. The number of benzene rings is 2. The van der Waals surface area contributed by atoms with E-state index in [0.29, 0.717) is 11.5 Å². The number of ether oxygens (including phenoxy) is 1. The molecule has 0 aliphatic heterocycles. The third-order valence-electron chi connectivity index (χ3n) is 8.73. The van der Waals surface area contributed by atoms with Crippen LogP contribution < -0.4 is 4.74 Å². The van der Waals surface area contributed by atoms with Gasteiger partial charge in [0, 0.05) is 9.52 Å². The Balaban J connectivity index is 1.27. The van der Waals surface area contributed by atoms with Crippen molar-refractivity contribution in [1.29, 1.82) is 0 Å². The highest BCUT2D eigenvalue weighted by Gasteiger charge is 2.34. The summed E-state index contributed by atoms with van der Waals surface area (Å²) in [6, 6.07) is 12.4. The predicted octanol–water partition coefficient (Wildman–Crippen LogP) is 9.42. The molecule has 2 fully saturated rings. The number of alkyl halides is 3. The highest BCUT2D eigenvalue weighted by atomic mass is 28.2. The predicted molar refractivity (Wildman–Crippen MR) is 142 cm³/mol. The van der Waals surface area contributed by atoms with Gasteiger partial charge in [0.2, 0.25) is 5.75 Å². The van der Waals surface area contributed by atoms with Gasteiger partial charge >= 0.3 is 6.36 Å². The largest absolute Gasteiger partial charge is 0.573 e. The van der Waals surface area contributed by atoms with Gasteiger partial charge in [0.15, 0.2) is 11.6 Å². The van der Waals surface area contributed by atoms with Crippen molar-refractivity contribution in [1.82, 2.24) is 0 Å². The zero-order chi connectivity index (χ0) is 26.4. The minimum Gasteiger partial charge on any atom is -0.399 e. The molecule has 0 saturated heterocycles. The van der Waals surface area contributed by atoms with Crippen LogP contribution in [-0.4, -0.2) is 15.9 Å². The average molecular weight is 539 g/mol. The number of halogens is 5. The van der Waals surface area contributed by atoms with Crippen molar-refractivity contribution < 1.29 is 26.7 Å². The van der Waals surface area contributed by atoms with Crippen LogP contribution in [0, 0.1) is 29.4 Å². The lowest BCUT2D eigenvalue weighted by Gasteiger charge is -2.38. The first-order valence-electron chi connectivity index (χ1n) is 14.1. The summed E-state index contributed by atoms with van der Waals surface area (Å²) in [6.45, 7) is 2.29. The quantitative estimate of drug-likeness (QED) is 0.176. The molecular formula is C30H39F5OSi. The number of rotatable bonds is 9. The molecule has 37 heavy (non-hydrogen) atoms. The molecule has 4 rings (SSSR count). The Morgan fingerprint density at radius 2 is 1.38 bits per heavy atom. The van der Waals surface area contributed by atoms with Gasteiger partial charge in [0.1, 0.15) is 0 Å². The van der Waals surface area contributed by atoms with Gasteiger partial charge in [-0.25, -0.2) is 8.78 Å². The first-order chi connectivity index (χ1) is 17.7. The fourth-order valence-electron chi connectivity index (χ4n) is 6.62. The summed E-state index contributed by atoms with van der Waals surface area (Å²) in [6.07, 6.45) is 8.19. The molecule has 2 aromatic rings. The molecule has 0 radical (unpaired) electrons. The number of unbranched alkanes of at least 4 members (excludes halogenated alkanes) is 1. The van der Waals surface area contributed by atoms with E-state index in [1.165, 1.54) is 75.8 Å². The van der Waals surface area contributed by atoms with Crippen LogP contribution in [0.1, 0.15) is 82.6 Å². The van der Waals surface area contributed by atoms with Gasteiger partial charge in [0.05, 0.1) is 0 Å². The molecule has 0 aromatic heterocycles. The summed E-state index contributed by atoms with van der Waals surface area (Å²) in [7, 11) is 0.162. The summed E-state index contributed by atoms with van der Waals surface area (Å²) in [5, 5.41) is 0. The topological polar surface area (TPSA) is 9.23 Å². The summed E-state index contributed by atoms with van der Waals surface area (Å²) in [5.74, 6) is -0.938. The maximum absolute atomic E-state index is 14.1. The van der Waals surface area contributed by atoms with Crippen LogP contribution in [0.15, 0.2) is 36.4 Å². The van der Waals surface area contributed by atoms with Gasteiger partial charge in [-0.1, -0.05) is 69.0 Å². The van der Waals surface area contributed by atoms with Crippen molar-refractivity contribution in [3.8, 4) is 16.9 Å². The first-order valence-corrected chi connectivity index (χ1v) is 16.1.